The van der Waals surface area contributed by atoms with Gasteiger partial charge in [0.25, 0.3) is 0 Å². The summed E-state index contributed by atoms with van der Waals surface area (Å²) in [7, 11) is 0. The summed E-state index contributed by atoms with van der Waals surface area (Å²) >= 11 is 0. The molecule has 1 fully saturated rings. The van der Waals surface area contributed by atoms with Gasteiger partial charge in [-0.05, 0) is 47.4 Å². The van der Waals surface area contributed by atoms with Crippen LogP contribution in [0.25, 0.3) is 5.70 Å². The Morgan fingerprint density at radius 1 is 1.17 bits per heavy atom. The van der Waals surface area contributed by atoms with E-state index in [1.807, 2.05) is 18.2 Å². The summed E-state index contributed by atoms with van der Waals surface area (Å²) in [5.74, 6) is -0.667. The van der Waals surface area contributed by atoms with Crippen LogP contribution >= 0.6 is 0 Å². The minimum atomic E-state index is -4.45. The van der Waals surface area contributed by atoms with E-state index in [4.69, 9.17) is 4.74 Å². The summed E-state index contributed by atoms with van der Waals surface area (Å²) in [4.78, 5) is 27.2. The van der Waals surface area contributed by atoms with Crippen molar-refractivity contribution in [1.82, 2.24) is 30.0 Å². The summed E-state index contributed by atoms with van der Waals surface area (Å²) < 4.78 is 48.4. The Morgan fingerprint density at radius 3 is 2.75 bits per heavy atom. The van der Waals surface area contributed by atoms with Gasteiger partial charge >= 0.3 is 12.1 Å². The van der Waals surface area contributed by atoms with E-state index < -0.39 is 12.2 Å². The molecular weight excluding hydrogens is 477 g/mol. The Balaban J connectivity index is 1.19. The second-order valence-electron chi connectivity index (χ2n) is 9.16. The van der Waals surface area contributed by atoms with E-state index in [-0.39, 0.29) is 51.1 Å². The van der Waals surface area contributed by atoms with Gasteiger partial charge in [0, 0.05) is 43.9 Å². The van der Waals surface area contributed by atoms with Crippen LogP contribution in [0.2, 0.25) is 0 Å². The lowest BCUT2D eigenvalue weighted by Crippen LogP contribution is -2.60. The van der Waals surface area contributed by atoms with Gasteiger partial charge in [-0.25, -0.2) is 9.48 Å². The number of hydrogen-bond donors (Lipinski definition) is 0. The molecule has 2 aliphatic heterocycles. The fourth-order valence-electron chi connectivity index (χ4n) is 4.85. The van der Waals surface area contributed by atoms with Crippen LogP contribution in [0.5, 0.6) is 0 Å². The van der Waals surface area contributed by atoms with Crippen molar-refractivity contribution in [2.45, 2.75) is 44.5 Å². The molecule has 0 N–H and O–H groups in total. The molecule has 1 saturated heterocycles. The molecule has 1 atom stereocenters. The molecule has 1 unspecified atom stereocenters. The number of nitrogens with zero attached hydrogens (tertiary/aromatic N) is 6. The first-order valence-corrected chi connectivity index (χ1v) is 11.8. The zero-order valence-corrected chi connectivity index (χ0v) is 19.4. The van der Waals surface area contributed by atoms with Gasteiger partial charge in [-0.3, -0.25) is 9.69 Å². The van der Waals surface area contributed by atoms with Crippen molar-refractivity contribution in [3.63, 3.8) is 0 Å². The molecule has 2 aromatic rings. The highest BCUT2D eigenvalue weighted by Gasteiger charge is 2.47. The first-order chi connectivity index (χ1) is 17.3. The number of carbonyl (C=O) groups is 2. The lowest BCUT2D eigenvalue weighted by Gasteiger charge is -2.42. The molecule has 190 valence electrons. The summed E-state index contributed by atoms with van der Waals surface area (Å²) in [6.45, 7) is 0.407. The summed E-state index contributed by atoms with van der Waals surface area (Å²) in [5, 5.41) is 11.0. The molecule has 3 heterocycles. The number of aromatic nitrogens is 4. The molecule has 0 bridgehead atoms. The van der Waals surface area contributed by atoms with Crippen LogP contribution in [0.4, 0.5) is 13.2 Å². The Labute approximate surface area is 205 Å². The number of fused-ring (bicyclic) bond motifs is 1. The number of piperazine rings is 1. The number of rotatable bonds is 6. The lowest BCUT2D eigenvalue weighted by molar-refractivity contribution is -0.197. The van der Waals surface area contributed by atoms with Crippen molar-refractivity contribution in [1.29, 1.82) is 0 Å². The topological polar surface area (TPSA) is 93.5 Å². The maximum Gasteiger partial charge on any atom is 0.405 e. The number of carbonyl (C=O) groups excluding carboxylic acids is 2. The van der Waals surface area contributed by atoms with E-state index >= 15 is 0 Å². The van der Waals surface area contributed by atoms with Crippen LogP contribution in [-0.4, -0.2) is 80.3 Å². The Hall–Kier alpha value is -3.54. The largest absolute Gasteiger partial charge is 0.457 e. The fourth-order valence-corrected chi connectivity index (χ4v) is 4.85. The number of amides is 1. The number of alkyl halides is 3. The molecule has 3 aliphatic rings. The first kappa shape index (κ1) is 24.2. The molecular formula is C24H25F3N6O3. The van der Waals surface area contributed by atoms with Gasteiger partial charge in [-0.1, -0.05) is 23.8 Å². The number of allylic oxidation sites excluding steroid dienone is 3. The summed E-state index contributed by atoms with van der Waals surface area (Å²) in [6, 6.07) is 3.52. The van der Waals surface area contributed by atoms with Crippen molar-refractivity contribution in [2.24, 2.45) is 0 Å². The molecule has 1 aromatic carbocycles. The van der Waals surface area contributed by atoms with Crippen LogP contribution < -0.4 is 0 Å². The second kappa shape index (κ2) is 9.84. The normalized spacial score (nSPS) is 20.6. The summed E-state index contributed by atoms with van der Waals surface area (Å²) in [6.07, 6.45) is 2.47. The Kier molecular flexibility index (Phi) is 6.61. The highest BCUT2D eigenvalue weighted by atomic mass is 19.4. The van der Waals surface area contributed by atoms with Gasteiger partial charge in [0.2, 0.25) is 5.91 Å². The monoisotopic (exact) mass is 502 g/mol. The number of tetrazole rings is 1. The number of esters is 1. The highest BCUT2D eigenvalue weighted by Crippen LogP contribution is 2.30. The van der Waals surface area contributed by atoms with Gasteiger partial charge in [-0.2, -0.15) is 13.2 Å². The van der Waals surface area contributed by atoms with E-state index in [1.54, 1.807) is 16.8 Å². The molecule has 1 aromatic heterocycles. The fraction of sp³-hybridized carbons (Fsp3) is 0.458. The lowest BCUT2D eigenvalue weighted by atomic mass is 9.99. The van der Waals surface area contributed by atoms with E-state index in [0.29, 0.717) is 24.8 Å². The smallest absolute Gasteiger partial charge is 0.405 e. The van der Waals surface area contributed by atoms with E-state index in [0.717, 1.165) is 22.4 Å². The predicted molar refractivity (Wildman–Crippen MR) is 121 cm³/mol. The van der Waals surface area contributed by atoms with Gasteiger partial charge < -0.3 is 9.64 Å². The van der Waals surface area contributed by atoms with Gasteiger partial charge in [0.05, 0.1) is 5.56 Å². The van der Waals surface area contributed by atoms with Crippen molar-refractivity contribution in [3.8, 4) is 0 Å². The van der Waals surface area contributed by atoms with E-state index in [2.05, 4.69) is 15.5 Å². The third kappa shape index (κ3) is 5.18. The molecule has 9 nitrogen and oxygen atoms in total. The van der Waals surface area contributed by atoms with Gasteiger partial charge in [-0.15, -0.1) is 5.10 Å². The number of cyclic esters (lactones) is 1. The number of benzene rings is 1. The number of ether oxygens (including phenoxy) is 1. The average molecular weight is 502 g/mol. The molecule has 0 spiro atoms. The van der Waals surface area contributed by atoms with Crippen LogP contribution in [0.1, 0.15) is 40.7 Å². The van der Waals surface area contributed by atoms with Gasteiger partial charge in [0.15, 0.2) is 0 Å². The van der Waals surface area contributed by atoms with E-state index in [9.17, 15) is 22.8 Å². The first-order valence-electron chi connectivity index (χ1n) is 11.8. The molecule has 12 heteroatoms. The van der Waals surface area contributed by atoms with Crippen LogP contribution in [0.3, 0.4) is 0 Å². The molecule has 36 heavy (non-hydrogen) atoms. The number of halogens is 3. The minimum Gasteiger partial charge on any atom is -0.457 e. The third-order valence-corrected chi connectivity index (χ3v) is 6.89. The van der Waals surface area contributed by atoms with Crippen molar-refractivity contribution >= 4 is 17.6 Å². The molecule has 1 aliphatic carbocycles. The maximum atomic E-state index is 13.9. The van der Waals surface area contributed by atoms with Crippen LogP contribution in [0, 0.1) is 0 Å². The van der Waals surface area contributed by atoms with Crippen LogP contribution in [-0.2, 0) is 22.6 Å². The minimum absolute atomic E-state index is 0.0971. The number of hydrogen-bond acceptors (Lipinski definition) is 7. The highest BCUT2D eigenvalue weighted by molar-refractivity contribution is 5.93. The second-order valence-corrected chi connectivity index (χ2v) is 9.16. The quantitative estimate of drug-likeness (QED) is 0.561. The third-order valence-electron chi connectivity index (χ3n) is 6.89. The maximum absolute atomic E-state index is 13.9. The van der Waals surface area contributed by atoms with Crippen molar-refractivity contribution in [3.05, 3.63) is 58.9 Å². The average Bonchev–Trinajstić information content (AvgIpc) is 3.53. The predicted octanol–water partition coefficient (Wildman–Crippen LogP) is 2.61. The molecule has 0 saturated carbocycles. The standard InChI is InChI=1S/C24H25F3N6O3/c25-24(26,27)21-13-32(22(34)12-16-1-4-19(5-2-16)33-15-28-29-30-33)10-9-31(21)8-7-17-3-6-20-18(11-17)14-36-23(20)35/h1,3-4,6,11,15,21H,2,5,7-10,12-14H2. The zero-order valence-electron chi connectivity index (χ0n) is 19.4. The zero-order chi connectivity index (χ0) is 25.3. The Bertz CT molecular complexity index is 1210. The van der Waals surface area contributed by atoms with E-state index in [1.165, 1.54) is 16.1 Å². The van der Waals surface area contributed by atoms with Gasteiger partial charge in [0.1, 0.15) is 19.0 Å². The van der Waals surface area contributed by atoms with Crippen molar-refractivity contribution < 1.29 is 27.5 Å². The van der Waals surface area contributed by atoms with Crippen LogP contribution in [0.15, 0.2) is 42.3 Å². The summed E-state index contributed by atoms with van der Waals surface area (Å²) in [5.41, 5.74) is 3.89. The Morgan fingerprint density at radius 2 is 2.03 bits per heavy atom. The molecule has 5 rings (SSSR count). The van der Waals surface area contributed by atoms with Crippen molar-refractivity contribution in [2.75, 3.05) is 26.2 Å². The molecule has 0 radical (unpaired) electrons. The SMILES string of the molecule is O=C1OCc2cc(CCN3CCN(C(=O)CC4=CC=C(n5cnnn5)CC4)CC3C(F)(F)F)ccc21. The molecule has 1 amide bonds.